The fraction of sp³-hybridized carbons (Fsp3) is 0.957. The summed E-state index contributed by atoms with van der Waals surface area (Å²) in [7, 11) is 0. The van der Waals surface area contributed by atoms with Crippen LogP contribution in [0.4, 0.5) is 0 Å². The lowest BCUT2D eigenvalue weighted by Crippen LogP contribution is -2.45. The van der Waals surface area contributed by atoms with E-state index in [4.69, 9.17) is 9.05 Å². The Morgan fingerprint density at radius 1 is 0.871 bits per heavy atom. The fourth-order valence-corrected chi connectivity index (χ4v) is 5.09. The summed E-state index contributed by atoms with van der Waals surface area (Å²) < 4.78 is 22.6. The normalized spacial score (nSPS) is 15.4. The van der Waals surface area contributed by atoms with Crippen molar-refractivity contribution in [2.75, 3.05) is 13.2 Å². The van der Waals surface area contributed by atoms with Crippen molar-refractivity contribution in [2.24, 2.45) is 0 Å². The maximum absolute atomic E-state index is 12.1. The van der Waals surface area contributed by atoms with Crippen molar-refractivity contribution in [1.82, 2.24) is 5.32 Å². The molecule has 6 nitrogen and oxygen atoms in total. The molecule has 0 saturated carbocycles. The Bertz CT molecular complexity index is 481. The highest BCUT2D eigenvalue weighted by Crippen LogP contribution is 2.56. The summed E-state index contributed by atoms with van der Waals surface area (Å²) in [5, 5.41) is 13.2. The maximum Gasteiger partial charge on any atom is 0.396 e. The van der Waals surface area contributed by atoms with Gasteiger partial charge >= 0.3 is 6.30 Å². The molecule has 0 aliphatic heterocycles. The van der Waals surface area contributed by atoms with Crippen molar-refractivity contribution in [2.45, 2.75) is 129 Å². The van der Waals surface area contributed by atoms with Gasteiger partial charge in [0.1, 0.15) is 0 Å². The number of hydrogen-bond donors (Lipinski definition) is 2. The van der Waals surface area contributed by atoms with E-state index in [0.29, 0.717) is 13.0 Å². The van der Waals surface area contributed by atoms with Crippen molar-refractivity contribution in [3.05, 3.63) is 0 Å². The molecular formula is C23H47BrNO5P. The van der Waals surface area contributed by atoms with Gasteiger partial charge in [-0.15, -0.1) is 0 Å². The number of amides is 1. The van der Waals surface area contributed by atoms with Crippen LogP contribution in [-0.2, 0) is 18.4 Å². The molecule has 0 rings (SSSR count). The number of hydrogen-bond acceptors (Lipinski definition) is 5. The van der Waals surface area contributed by atoms with Crippen LogP contribution >= 0.6 is 21.8 Å². The first-order chi connectivity index (χ1) is 14.8. The van der Waals surface area contributed by atoms with E-state index in [1.165, 1.54) is 77.6 Å². The number of rotatable bonds is 22. The number of unbranched alkanes of at least 4 members (excludes halogenated alkanes) is 12. The number of aliphatic hydroxyl groups is 1. The van der Waals surface area contributed by atoms with Crippen LogP contribution in [0.2, 0.25) is 0 Å². The average Bonchev–Trinajstić information content (AvgIpc) is 2.72. The number of carbonyl (C=O) groups excluding carboxylic acids is 1. The molecule has 3 atom stereocenters. The fourth-order valence-electron chi connectivity index (χ4n) is 3.49. The smallest absolute Gasteiger partial charge is 0.391 e. The van der Waals surface area contributed by atoms with Gasteiger partial charge in [-0.3, -0.25) is 9.32 Å². The molecule has 31 heavy (non-hydrogen) atoms. The molecule has 186 valence electrons. The molecule has 1 unspecified atom stereocenters. The highest BCUT2D eigenvalue weighted by molar-refractivity contribution is 9.39. The third-order valence-corrected chi connectivity index (χ3v) is 7.49. The van der Waals surface area contributed by atoms with Gasteiger partial charge in [0.15, 0.2) is 0 Å². The molecule has 0 aliphatic rings. The number of aliphatic hydroxyl groups excluding tert-OH is 1. The summed E-state index contributed by atoms with van der Waals surface area (Å²) in [5.41, 5.74) is 0. The monoisotopic (exact) mass is 527 g/mol. The van der Waals surface area contributed by atoms with E-state index in [1.54, 1.807) is 0 Å². The number of carbonyl (C=O) groups is 1. The second kappa shape index (κ2) is 20.7. The Morgan fingerprint density at radius 2 is 1.35 bits per heavy atom. The molecule has 0 aliphatic carbocycles. The standard InChI is InChI=1S/C23H47BrNO5P/c1-4-6-7-8-9-10-11-12-13-14-15-16-17-18-23(27)22(25-21(3)26)20-30-31(24,28)29-19-5-2/h22-23,27H,4-20H2,1-3H3,(H,25,26)/t22-,23+,31?/m0/s1. The van der Waals surface area contributed by atoms with E-state index < -0.39 is 18.4 Å². The highest BCUT2D eigenvalue weighted by Gasteiger charge is 2.26. The predicted octanol–water partition coefficient (Wildman–Crippen LogP) is 7.28. The number of nitrogens with one attached hydrogen (secondary N) is 1. The summed E-state index contributed by atoms with van der Waals surface area (Å²) in [6.07, 6.45) is 13.8. The summed E-state index contributed by atoms with van der Waals surface area (Å²) in [4.78, 5) is 11.5. The lowest BCUT2D eigenvalue weighted by Gasteiger charge is -2.24. The third kappa shape index (κ3) is 20.4. The molecule has 1 amide bonds. The van der Waals surface area contributed by atoms with Crippen LogP contribution < -0.4 is 5.32 Å². The summed E-state index contributed by atoms with van der Waals surface area (Å²) in [5.74, 6) is -0.253. The van der Waals surface area contributed by atoms with Crippen LogP contribution in [0.15, 0.2) is 0 Å². The van der Waals surface area contributed by atoms with Gasteiger partial charge in [0.05, 0.1) is 25.4 Å². The van der Waals surface area contributed by atoms with E-state index in [2.05, 4.69) is 27.7 Å². The molecule has 8 heteroatoms. The maximum atomic E-state index is 12.1. The molecule has 0 aromatic rings. The van der Waals surface area contributed by atoms with Gasteiger partial charge in [0.2, 0.25) is 5.91 Å². The molecule has 0 bridgehead atoms. The third-order valence-electron chi connectivity index (χ3n) is 5.31. The van der Waals surface area contributed by atoms with Crippen LogP contribution in [-0.4, -0.2) is 36.4 Å². The molecule has 0 aromatic carbocycles. The van der Waals surface area contributed by atoms with E-state index in [-0.39, 0.29) is 12.5 Å². The molecule has 2 N–H and O–H groups in total. The van der Waals surface area contributed by atoms with Crippen LogP contribution in [0.5, 0.6) is 0 Å². The van der Waals surface area contributed by atoms with Crippen LogP contribution in [0, 0.1) is 0 Å². The Hall–Kier alpha value is 0.0600. The SMILES string of the molecule is CCCCCCCCCCCCCCC[C@@H](O)[C@H](COP(=O)(Br)OCCC)NC(C)=O. The molecule has 0 heterocycles. The summed E-state index contributed by atoms with van der Waals surface area (Å²) >= 11 is 2.96. The molecule has 0 radical (unpaired) electrons. The van der Waals surface area contributed by atoms with Gasteiger partial charge in [-0.1, -0.05) is 97.3 Å². The Kier molecular flexibility index (Phi) is 20.7. The van der Waals surface area contributed by atoms with Gasteiger partial charge in [0.25, 0.3) is 0 Å². The van der Waals surface area contributed by atoms with Crippen molar-refractivity contribution in [3.8, 4) is 0 Å². The minimum absolute atomic E-state index is 0.0641. The van der Waals surface area contributed by atoms with Gasteiger partial charge < -0.3 is 14.9 Å². The summed E-state index contributed by atoms with van der Waals surface area (Å²) in [6.45, 7) is 5.81. The van der Waals surface area contributed by atoms with E-state index in [9.17, 15) is 14.5 Å². The van der Waals surface area contributed by atoms with E-state index >= 15 is 0 Å². The zero-order valence-electron chi connectivity index (χ0n) is 20.1. The van der Waals surface area contributed by atoms with Crippen LogP contribution in [0.1, 0.15) is 117 Å². The summed E-state index contributed by atoms with van der Waals surface area (Å²) in [6, 6.07) is -0.606. The largest absolute Gasteiger partial charge is 0.396 e. The lowest BCUT2D eigenvalue weighted by atomic mass is 10.0. The van der Waals surface area contributed by atoms with Crippen LogP contribution in [0.25, 0.3) is 0 Å². The Balaban J connectivity index is 3.89. The topological polar surface area (TPSA) is 84.9 Å². The Morgan fingerprint density at radius 3 is 1.81 bits per heavy atom. The molecule has 0 saturated heterocycles. The lowest BCUT2D eigenvalue weighted by molar-refractivity contribution is -0.121. The highest BCUT2D eigenvalue weighted by atomic mass is 79.9. The van der Waals surface area contributed by atoms with Gasteiger partial charge in [-0.05, 0) is 12.8 Å². The minimum atomic E-state index is -3.36. The van der Waals surface area contributed by atoms with Crippen molar-refractivity contribution < 1.29 is 23.5 Å². The average molecular weight is 529 g/mol. The first-order valence-corrected chi connectivity index (χ1v) is 15.9. The minimum Gasteiger partial charge on any atom is -0.391 e. The molecular weight excluding hydrogens is 481 g/mol. The zero-order valence-corrected chi connectivity index (χ0v) is 22.6. The molecule has 0 fully saturated rings. The second-order valence-electron chi connectivity index (χ2n) is 8.47. The number of halogens is 1. The van der Waals surface area contributed by atoms with Crippen molar-refractivity contribution in [1.29, 1.82) is 0 Å². The van der Waals surface area contributed by atoms with E-state index in [1.807, 2.05) is 6.92 Å². The molecule has 0 aromatic heterocycles. The van der Waals surface area contributed by atoms with Crippen molar-refractivity contribution in [3.63, 3.8) is 0 Å². The Labute approximate surface area is 198 Å². The second-order valence-corrected chi connectivity index (χ2v) is 12.4. The predicted molar refractivity (Wildman–Crippen MR) is 133 cm³/mol. The van der Waals surface area contributed by atoms with Gasteiger partial charge in [-0.25, -0.2) is 4.57 Å². The zero-order chi connectivity index (χ0) is 23.4. The quantitative estimate of drug-likeness (QED) is 0.114. The van der Waals surface area contributed by atoms with Gasteiger partial charge in [-0.2, -0.15) is 0 Å². The first-order valence-electron chi connectivity index (χ1n) is 12.4. The van der Waals surface area contributed by atoms with Gasteiger partial charge in [0, 0.05) is 22.4 Å². The first kappa shape index (κ1) is 31.1. The van der Waals surface area contributed by atoms with Crippen molar-refractivity contribution >= 4 is 27.7 Å². The van der Waals surface area contributed by atoms with Crippen LogP contribution in [0.3, 0.4) is 0 Å². The van der Waals surface area contributed by atoms with E-state index in [0.717, 1.165) is 19.3 Å². The molecule has 0 spiro atoms.